The topological polar surface area (TPSA) is 41.1 Å². The van der Waals surface area contributed by atoms with Crippen LogP contribution in [0.15, 0.2) is 55.6 Å². The Balaban J connectivity index is 2.76. The monoisotopic (exact) mass is 264 g/mol. The first kappa shape index (κ1) is 14.9. The fourth-order valence-electron chi connectivity index (χ4n) is 1.52. The van der Waals surface area contributed by atoms with Crippen LogP contribution in [-0.4, -0.2) is 13.1 Å². The van der Waals surface area contributed by atoms with E-state index < -0.39 is 7.44 Å². The Bertz CT molecular complexity index is 399. The van der Waals surface area contributed by atoms with E-state index in [1.807, 2.05) is 42.5 Å². The van der Waals surface area contributed by atoms with E-state index in [1.54, 1.807) is 0 Å². The summed E-state index contributed by atoms with van der Waals surface area (Å²) in [5.41, 5.74) is 0. The molecule has 0 saturated heterocycles. The van der Waals surface area contributed by atoms with Gasteiger partial charge in [-0.2, -0.15) is 0 Å². The average Bonchev–Trinajstić information content (AvgIpc) is 2.40. The molecule has 18 heavy (non-hydrogen) atoms. The molecule has 0 aliphatic heterocycles. The summed E-state index contributed by atoms with van der Waals surface area (Å²) < 4.78 is 12.9. The lowest BCUT2D eigenvalue weighted by molar-refractivity contribution is 0.561. The zero-order valence-corrected chi connectivity index (χ0v) is 11.5. The Kier molecular flexibility index (Phi) is 6.66. The van der Waals surface area contributed by atoms with Gasteiger partial charge in [-0.1, -0.05) is 30.4 Å². The average molecular weight is 264 g/mol. The molecule has 0 saturated carbocycles. The molecule has 0 radical (unpaired) electrons. The van der Waals surface area contributed by atoms with Gasteiger partial charge >= 0.3 is 0 Å². The van der Waals surface area contributed by atoms with Crippen LogP contribution in [0, 0.1) is 0 Å². The van der Waals surface area contributed by atoms with E-state index >= 15 is 0 Å². The van der Waals surface area contributed by atoms with Crippen LogP contribution in [0.25, 0.3) is 0 Å². The van der Waals surface area contributed by atoms with Crippen LogP contribution in [0.2, 0.25) is 0 Å². The van der Waals surface area contributed by atoms with Crippen LogP contribution < -0.4 is 15.5 Å². The van der Waals surface area contributed by atoms with Crippen molar-refractivity contribution >= 4 is 12.7 Å². The van der Waals surface area contributed by atoms with Gasteiger partial charge in [0.1, 0.15) is 0 Å². The van der Waals surface area contributed by atoms with Gasteiger partial charge in [0.25, 0.3) is 0 Å². The maximum Gasteiger partial charge on any atom is 0.240 e. The van der Waals surface area contributed by atoms with E-state index in [0.29, 0.717) is 13.1 Å². The summed E-state index contributed by atoms with van der Waals surface area (Å²) in [4.78, 5) is 0. The molecule has 0 unspecified atom stereocenters. The number of nitrogens with one attached hydrogen (secondary N) is 2. The van der Waals surface area contributed by atoms with Crippen LogP contribution in [-0.2, 0) is 4.57 Å². The lowest BCUT2D eigenvalue weighted by Gasteiger charge is -2.20. The van der Waals surface area contributed by atoms with E-state index in [1.165, 1.54) is 0 Å². The predicted octanol–water partition coefficient (Wildman–Crippen LogP) is 2.84. The Morgan fingerprint density at radius 3 is 1.94 bits per heavy atom. The largest absolute Gasteiger partial charge is 0.284 e. The molecule has 0 heterocycles. The zero-order valence-electron chi connectivity index (χ0n) is 10.6. The first-order valence-corrected chi connectivity index (χ1v) is 7.81. The van der Waals surface area contributed by atoms with Gasteiger partial charge in [-0.15, -0.1) is 13.2 Å². The first-order valence-electron chi connectivity index (χ1n) is 6.10. The molecule has 1 rings (SSSR count). The van der Waals surface area contributed by atoms with Gasteiger partial charge in [-0.3, -0.25) is 14.7 Å². The van der Waals surface area contributed by atoms with Crippen molar-refractivity contribution in [2.45, 2.75) is 12.8 Å². The lowest BCUT2D eigenvalue weighted by atomic mass is 10.4. The van der Waals surface area contributed by atoms with Crippen LogP contribution in [0.4, 0.5) is 0 Å². The zero-order chi connectivity index (χ0) is 13.3. The maximum atomic E-state index is 12.9. The molecule has 0 atom stereocenters. The predicted molar refractivity (Wildman–Crippen MR) is 79.3 cm³/mol. The van der Waals surface area contributed by atoms with E-state index in [-0.39, 0.29) is 0 Å². The first-order chi connectivity index (χ1) is 8.73. The highest BCUT2D eigenvalue weighted by Crippen LogP contribution is 2.34. The van der Waals surface area contributed by atoms with Crippen molar-refractivity contribution in [1.82, 2.24) is 10.2 Å². The Morgan fingerprint density at radius 2 is 1.50 bits per heavy atom. The summed E-state index contributed by atoms with van der Waals surface area (Å²) in [5.74, 6) is 0. The molecule has 0 aliphatic carbocycles. The summed E-state index contributed by atoms with van der Waals surface area (Å²) in [6.45, 7) is 8.63. The molecule has 1 aromatic rings. The Hall–Kier alpha value is -1.15. The van der Waals surface area contributed by atoms with Gasteiger partial charge in [0.2, 0.25) is 7.44 Å². The SMILES string of the molecule is C=CCCNP(=O)(NCCC=C)c1ccccc1. The maximum absolute atomic E-state index is 12.9. The molecular weight excluding hydrogens is 243 g/mol. The lowest BCUT2D eigenvalue weighted by Crippen LogP contribution is -2.30. The van der Waals surface area contributed by atoms with E-state index in [0.717, 1.165) is 18.1 Å². The quantitative estimate of drug-likeness (QED) is 0.409. The summed E-state index contributed by atoms with van der Waals surface area (Å²) in [5, 5.41) is 7.03. The minimum absolute atomic E-state index is 0.650. The van der Waals surface area contributed by atoms with Gasteiger partial charge in [0.05, 0.1) is 0 Å². The number of hydrogen-bond acceptors (Lipinski definition) is 1. The van der Waals surface area contributed by atoms with Crippen molar-refractivity contribution in [3.8, 4) is 0 Å². The normalized spacial score (nSPS) is 11.1. The highest BCUT2D eigenvalue weighted by molar-refractivity contribution is 7.67. The molecule has 3 nitrogen and oxygen atoms in total. The fourth-order valence-corrected chi connectivity index (χ4v) is 3.48. The van der Waals surface area contributed by atoms with Crippen molar-refractivity contribution < 1.29 is 4.57 Å². The molecular formula is C14H21N2OP. The minimum atomic E-state index is -2.73. The highest BCUT2D eigenvalue weighted by atomic mass is 31.2. The molecule has 0 spiro atoms. The van der Waals surface area contributed by atoms with Crippen molar-refractivity contribution in [1.29, 1.82) is 0 Å². The van der Waals surface area contributed by atoms with Crippen molar-refractivity contribution in [2.75, 3.05) is 13.1 Å². The summed E-state index contributed by atoms with van der Waals surface area (Å²) in [6.07, 6.45) is 5.21. The van der Waals surface area contributed by atoms with Gasteiger partial charge < -0.3 is 0 Å². The van der Waals surface area contributed by atoms with Gasteiger partial charge in [0.15, 0.2) is 0 Å². The molecule has 1 aromatic carbocycles. The molecule has 4 heteroatoms. The number of rotatable bonds is 9. The molecule has 0 aliphatic rings. The van der Waals surface area contributed by atoms with Crippen LogP contribution >= 0.6 is 7.44 Å². The van der Waals surface area contributed by atoms with Gasteiger partial charge in [-0.25, -0.2) is 0 Å². The highest BCUT2D eigenvalue weighted by Gasteiger charge is 2.22. The molecule has 0 aromatic heterocycles. The van der Waals surface area contributed by atoms with E-state index in [2.05, 4.69) is 23.3 Å². The Labute approximate surface area is 109 Å². The van der Waals surface area contributed by atoms with E-state index in [4.69, 9.17) is 0 Å². The van der Waals surface area contributed by atoms with Gasteiger partial charge in [-0.05, 0) is 25.0 Å². The van der Waals surface area contributed by atoms with Crippen molar-refractivity contribution in [3.05, 3.63) is 55.6 Å². The molecule has 0 amide bonds. The van der Waals surface area contributed by atoms with Crippen molar-refractivity contribution in [3.63, 3.8) is 0 Å². The third-order valence-corrected chi connectivity index (χ3v) is 4.85. The Morgan fingerprint density at radius 1 is 1.00 bits per heavy atom. The number of hydrogen-bond donors (Lipinski definition) is 2. The minimum Gasteiger partial charge on any atom is -0.284 e. The number of benzene rings is 1. The third-order valence-electron chi connectivity index (χ3n) is 2.49. The standard InChI is InChI=1S/C14H21N2OP/c1-3-5-12-15-18(17,16-13-6-4-2)14-10-8-7-9-11-14/h3-4,7-11H,1-2,5-6,12-13H2,(H2,15,16,17). The van der Waals surface area contributed by atoms with E-state index in [9.17, 15) is 4.57 Å². The summed E-state index contributed by atoms with van der Waals surface area (Å²) in [7, 11) is -2.73. The molecule has 0 fully saturated rings. The fraction of sp³-hybridized carbons (Fsp3) is 0.286. The molecule has 0 bridgehead atoms. The molecule has 98 valence electrons. The second-order valence-electron chi connectivity index (χ2n) is 3.92. The van der Waals surface area contributed by atoms with Crippen LogP contribution in [0.1, 0.15) is 12.8 Å². The summed E-state index contributed by atoms with van der Waals surface area (Å²) >= 11 is 0. The smallest absolute Gasteiger partial charge is 0.240 e. The second kappa shape index (κ2) is 8.04. The van der Waals surface area contributed by atoms with Crippen LogP contribution in [0.5, 0.6) is 0 Å². The van der Waals surface area contributed by atoms with Crippen LogP contribution in [0.3, 0.4) is 0 Å². The third kappa shape index (κ3) is 4.61. The van der Waals surface area contributed by atoms with Crippen molar-refractivity contribution in [2.24, 2.45) is 0 Å². The molecule has 2 N–H and O–H groups in total. The second-order valence-corrected chi connectivity index (χ2v) is 6.28. The van der Waals surface area contributed by atoms with Gasteiger partial charge in [0, 0.05) is 18.4 Å². The summed E-state index contributed by atoms with van der Waals surface area (Å²) in [6, 6.07) is 9.46.